The van der Waals surface area contributed by atoms with Crippen LogP contribution in [0, 0.1) is 0 Å². The van der Waals surface area contributed by atoms with Crippen molar-refractivity contribution in [2.75, 3.05) is 0 Å². The third-order valence-corrected chi connectivity index (χ3v) is 5.77. The van der Waals surface area contributed by atoms with Gasteiger partial charge in [-0.2, -0.15) is 0 Å². The van der Waals surface area contributed by atoms with Gasteiger partial charge in [-0.25, -0.2) is 9.56 Å². The predicted octanol–water partition coefficient (Wildman–Crippen LogP) is 4.44. The first kappa shape index (κ1) is 22.2. The zero-order chi connectivity index (χ0) is 24.0. The third-order valence-electron chi connectivity index (χ3n) is 5.77. The average Bonchev–Trinajstić information content (AvgIpc) is 3.13. The molecule has 0 saturated carbocycles. The zero-order valence-corrected chi connectivity index (χ0v) is 20.2. The second-order valence-electron chi connectivity index (χ2n) is 9.86. The molecule has 8 nitrogen and oxygen atoms in total. The van der Waals surface area contributed by atoms with E-state index in [1.165, 1.54) is 0 Å². The number of ether oxygens (including phenoxy) is 1. The van der Waals surface area contributed by atoms with E-state index in [0.717, 1.165) is 39.4 Å². The molecular formula is C26H30N7O+. The summed E-state index contributed by atoms with van der Waals surface area (Å²) in [6, 6.07) is 12.5. The van der Waals surface area contributed by atoms with Crippen molar-refractivity contribution in [2.45, 2.75) is 58.5 Å². The van der Waals surface area contributed by atoms with Crippen molar-refractivity contribution >= 4 is 41.8 Å². The molecule has 3 heterocycles. The Morgan fingerprint density at radius 2 is 1.79 bits per heavy atom. The van der Waals surface area contributed by atoms with Crippen LogP contribution >= 0.6 is 0 Å². The van der Waals surface area contributed by atoms with E-state index in [2.05, 4.69) is 70.6 Å². The van der Waals surface area contributed by atoms with Crippen molar-refractivity contribution in [3.05, 3.63) is 42.0 Å². The lowest BCUT2D eigenvalue weighted by Crippen LogP contribution is -2.23. The molecule has 2 aliphatic heterocycles. The molecule has 0 radical (unpaired) electrons. The zero-order valence-electron chi connectivity index (χ0n) is 20.2. The molecular weight excluding hydrogens is 426 g/mol. The number of fused-ring (bicyclic) bond motifs is 1. The topological polar surface area (TPSA) is 93.2 Å². The first-order valence-corrected chi connectivity index (χ1v) is 11.5. The summed E-state index contributed by atoms with van der Waals surface area (Å²) in [5, 5.41) is 0. The van der Waals surface area contributed by atoms with Gasteiger partial charge in [0.05, 0.1) is 28.6 Å². The molecule has 0 bridgehead atoms. The second-order valence-corrected chi connectivity index (χ2v) is 9.86. The van der Waals surface area contributed by atoms with Gasteiger partial charge in [-0.05, 0) is 70.5 Å². The molecule has 0 spiro atoms. The van der Waals surface area contributed by atoms with E-state index >= 15 is 0 Å². The number of hydrogen-bond donors (Lipinski definition) is 1. The minimum Gasteiger partial charge on any atom is -0.491 e. The molecule has 3 aromatic rings. The van der Waals surface area contributed by atoms with Crippen LogP contribution in [0.1, 0.15) is 46.1 Å². The molecule has 174 valence electrons. The molecule has 0 amide bonds. The molecule has 0 unspecified atom stereocenters. The monoisotopic (exact) mass is 456 g/mol. The number of imidazole rings is 1. The van der Waals surface area contributed by atoms with Crippen LogP contribution in [0.4, 0.5) is 5.69 Å². The third kappa shape index (κ3) is 4.05. The van der Waals surface area contributed by atoms with Crippen molar-refractivity contribution in [3.8, 4) is 17.1 Å². The molecule has 0 aliphatic carbocycles. The molecule has 5 rings (SSSR count). The summed E-state index contributed by atoms with van der Waals surface area (Å²) in [5.74, 6) is 1.67. The Hall–Kier alpha value is -3.65. The summed E-state index contributed by atoms with van der Waals surface area (Å²) >= 11 is 0. The molecule has 0 atom stereocenters. The van der Waals surface area contributed by atoms with Crippen LogP contribution < -0.4 is 10.5 Å². The molecule has 0 saturated heterocycles. The van der Waals surface area contributed by atoms with Gasteiger partial charge in [-0.15, -0.1) is 0 Å². The van der Waals surface area contributed by atoms with Crippen molar-refractivity contribution < 1.29 is 9.31 Å². The van der Waals surface area contributed by atoms with Crippen molar-refractivity contribution in [1.29, 1.82) is 0 Å². The minimum absolute atomic E-state index is 0.0160. The SMILES string of the molecule is CC(C)Oc1ccc([N+]2=CN=C2)c(-c2nc3cc(C4C=NC(N)N=C4)ccc3n2C(C)(C)C)c1. The molecule has 34 heavy (non-hydrogen) atoms. The summed E-state index contributed by atoms with van der Waals surface area (Å²) in [7, 11) is 0. The van der Waals surface area contributed by atoms with Crippen LogP contribution in [-0.4, -0.2) is 51.6 Å². The van der Waals surface area contributed by atoms with Gasteiger partial charge in [0.1, 0.15) is 17.3 Å². The fraction of sp³-hybridized carbons (Fsp3) is 0.346. The standard InChI is InChI=1S/C26H30N7O/c1-16(2)34-19-7-9-22(32-14-28-15-32)20(11-19)24-31-21-10-17(18-12-29-25(27)30-13-18)6-8-23(21)33(24)26(3,4)5/h6-16,18,25H,27H2,1-5H3/q+1. The number of nitrogens with zero attached hydrogens (tertiary/aromatic N) is 6. The quantitative estimate of drug-likeness (QED) is 0.575. The first-order valence-electron chi connectivity index (χ1n) is 11.5. The maximum absolute atomic E-state index is 6.03. The second kappa shape index (κ2) is 8.29. The summed E-state index contributed by atoms with van der Waals surface area (Å²) in [5.41, 5.74) is 10.6. The Bertz CT molecular complexity index is 1360. The van der Waals surface area contributed by atoms with Crippen LogP contribution in [0.15, 0.2) is 51.4 Å². The molecule has 0 fully saturated rings. The van der Waals surface area contributed by atoms with Gasteiger partial charge in [0, 0.05) is 18.0 Å². The largest absolute Gasteiger partial charge is 0.491 e. The fourth-order valence-corrected chi connectivity index (χ4v) is 4.30. The van der Waals surface area contributed by atoms with Crippen molar-refractivity contribution in [1.82, 2.24) is 9.55 Å². The molecule has 2 aromatic carbocycles. The van der Waals surface area contributed by atoms with Crippen molar-refractivity contribution in [3.63, 3.8) is 0 Å². The lowest BCUT2D eigenvalue weighted by molar-refractivity contribution is -0.301. The highest BCUT2D eigenvalue weighted by molar-refractivity contribution is 5.94. The van der Waals surface area contributed by atoms with E-state index in [9.17, 15) is 0 Å². The summed E-state index contributed by atoms with van der Waals surface area (Å²) in [6.07, 6.45) is 6.88. The normalized spacial score (nSPS) is 19.6. The van der Waals surface area contributed by atoms with E-state index in [1.807, 2.05) is 36.9 Å². The maximum atomic E-state index is 6.03. The van der Waals surface area contributed by atoms with Gasteiger partial charge in [0.15, 0.2) is 6.29 Å². The van der Waals surface area contributed by atoms with Crippen LogP contribution in [0.3, 0.4) is 0 Å². The number of rotatable bonds is 5. The van der Waals surface area contributed by atoms with Crippen LogP contribution in [0.5, 0.6) is 5.75 Å². The van der Waals surface area contributed by atoms with Gasteiger partial charge in [0.25, 0.3) is 0 Å². The smallest absolute Gasteiger partial charge is 0.233 e. The van der Waals surface area contributed by atoms with E-state index in [1.54, 1.807) is 12.7 Å². The highest BCUT2D eigenvalue weighted by atomic mass is 16.5. The van der Waals surface area contributed by atoms with Gasteiger partial charge >= 0.3 is 0 Å². The Kier molecular flexibility index (Phi) is 5.40. The molecule has 1 aromatic heterocycles. The number of hydrogen-bond acceptors (Lipinski definition) is 6. The molecule has 8 heteroatoms. The maximum Gasteiger partial charge on any atom is 0.233 e. The lowest BCUT2D eigenvalue weighted by Gasteiger charge is -2.26. The van der Waals surface area contributed by atoms with E-state index < -0.39 is 6.29 Å². The van der Waals surface area contributed by atoms with E-state index in [4.69, 9.17) is 15.5 Å². The van der Waals surface area contributed by atoms with E-state index in [-0.39, 0.29) is 17.6 Å². The molecule has 2 N–H and O–H groups in total. The van der Waals surface area contributed by atoms with Gasteiger partial charge < -0.3 is 9.30 Å². The van der Waals surface area contributed by atoms with Crippen LogP contribution in [0.25, 0.3) is 22.4 Å². The van der Waals surface area contributed by atoms with Crippen molar-refractivity contribution in [2.24, 2.45) is 20.7 Å². The predicted molar refractivity (Wildman–Crippen MR) is 138 cm³/mol. The van der Waals surface area contributed by atoms with Gasteiger partial charge in [-0.3, -0.25) is 15.7 Å². The Morgan fingerprint density at radius 3 is 2.41 bits per heavy atom. The van der Waals surface area contributed by atoms with Crippen LogP contribution in [0.2, 0.25) is 0 Å². The number of aromatic nitrogens is 2. The fourth-order valence-electron chi connectivity index (χ4n) is 4.30. The highest BCUT2D eigenvalue weighted by Gasteiger charge is 2.27. The Morgan fingerprint density at radius 1 is 1.06 bits per heavy atom. The summed E-state index contributed by atoms with van der Waals surface area (Å²) < 4.78 is 10.3. The number of benzene rings is 2. The Labute approximate surface area is 199 Å². The van der Waals surface area contributed by atoms with Gasteiger partial charge in [-0.1, -0.05) is 11.1 Å². The van der Waals surface area contributed by atoms with Gasteiger partial charge in [0.2, 0.25) is 12.7 Å². The minimum atomic E-state index is -0.507. The summed E-state index contributed by atoms with van der Waals surface area (Å²) in [6.45, 7) is 10.6. The number of aliphatic imine (C=N–C) groups is 3. The first-order chi connectivity index (χ1) is 16.2. The lowest BCUT2D eigenvalue weighted by atomic mass is 10.00. The molecule has 2 aliphatic rings. The van der Waals surface area contributed by atoms with Crippen LogP contribution in [-0.2, 0) is 5.54 Å². The Balaban J connectivity index is 1.70. The van der Waals surface area contributed by atoms with E-state index in [0.29, 0.717) is 0 Å². The summed E-state index contributed by atoms with van der Waals surface area (Å²) in [4.78, 5) is 17.8. The number of nitrogens with two attached hydrogens (primary N) is 1. The highest BCUT2D eigenvalue weighted by Crippen LogP contribution is 2.38. The average molecular weight is 457 g/mol.